The molecule has 0 bridgehead atoms. The first-order valence-electron chi connectivity index (χ1n) is 11.4. The normalized spacial score (nSPS) is 31.4. The van der Waals surface area contributed by atoms with Gasteiger partial charge >= 0.3 is 0 Å². The zero-order chi connectivity index (χ0) is 21.0. The smallest absolute Gasteiger partial charge is 0.165 e. The van der Waals surface area contributed by atoms with Crippen LogP contribution in [0.2, 0.25) is 0 Å². The van der Waals surface area contributed by atoms with Crippen molar-refractivity contribution in [1.82, 2.24) is 9.78 Å². The van der Waals surface area contributed by atoms with E-state index >= 15 is 0 Å². The quantitative estimate of drug-likeness (QED) is 0.649. The zero-order valence-electron chi connectivity index (χ0n) is 18.6. The maximum atomic E-state index is 13.5. The van der Waals surface area contributed by atoms with Crippen LogP contribution in [0.4, 0.5) is 0 Å². The van der Waals surface area contributed by atoms with Crippen molar-refractivity contribution >= 4 is 11.9 Å². The highest BCUT2D eigenvalue weighted by atomic mass is 16.5. The minimum Gasteiger partial charge on any atom is -0.497 e. The fourth-order valence-electron chi connectivity index (χ4n) is 6.51. The van der Waals surface area contributed by atoms with Crippen LogP contribution < -0.4 is 4.74 Å². The summed E-state index contributed by atoms with van der Waals surface area (Å²) < 4.78 is 7.40. The maximum absolute atomic E-state index is 13.5. The van der Waals surface area contributed by atoms with E-state index in [0.29, 0.717) is 23.5 Å². The molecular weight excluding hydrogens is 372 g/mol. The summed E-state index contributed by atoms with van der Waals surface area (Å²) in [4.78, 5) is 13.5. The molecule has 4 heteroatoms. The molecule has 1 aromatic carbocycles. The predicted octanol–water partition coefficient (Wildman–Crippen LogP) is 5.34. The number of hydrogen-bond donors (Lipinski definition) is 0. The number of fused-ring (bicyclic) bond motifs is 5. The van der Waals surface area contributed by atoms with E-state index in [9.17, 15) is 4.79 Å². The summed E-state index contributed by atoms with van der Waals surface area (Å²) in [6, 6.07) is 6.61. The van der Waals surface area contributed by atoms with Gasteiger partial charge in [-0.2, -0.15) is 5.10 Å². The number of benzene rings is 1. The fourth-order valence-corrected chi connectivity index (χ4v) is 6.51. The molecule has 0 unspecified atom stereocenters. The van der Waals surface area contributed by atoms with Crippen molar-refractivity contribution in [3.8, 4) is 5.75 Å². The van der Waals surface area contributed by atoms with E-state index in [1.165, 1.54) is 17.5 Å². The van der Waals surface area contributed by atoms with E-state index in [0.717, 1.165) is 54.8 Å². The highest BCUT2D eigenvalue weighted by molar-refractivity contribution is 6.06. The molecule has 4 atom stereocenters. The summed E-state index contributed by atoms with van der Waals surface area (Å²) >= 11 is 0. The van der Waals surface area contributed by atoms with Crippen molar-refractivity contribution in [2.45, 2.75) is 65.3 Å². The number of hydrogen-bond acceptors (Lipinski definition) is 3. The second kappa shape index (κ2) is 7.11. The van der Waals surface area contributed by atoms with Crippen LogP contribution in [0.3, 0.4) is 0 Å². The Morgan fingerprint density at radius 1 is 1.33 bits per heavy atom. The van der Waals surface area contributed by atoms with Gasteiger partial charge in [-0.15, -0.1) is 0 Å². The number of carbonyl (C=O) groups excluding carboxylic acids is 1. The third-order valence-electron chi connectivity index (χ3n) is 8.21. The minimum absolute atomic E-state index is 0.203. The maximum Gasteiger partial charge on any atom is 0.165 e. The first-order valence-corrected chi connectivity index (χ1v) is 11.4. The third kappa shape index (κ3) is 2.87. The zero-order valence-corrected chi connectivity index (χ0v) is 18.6. The number of carbonyl (C=O) groups is 1. The van der Waals surface area contributed by atoms with Gasteiger partial charge in [0.25, 0.3) is 0 Å². The Morgan fingerprint density at radius 3 is 2.90 bits per heavy atom. The Balaban J connectivity index is 1.47. The molecule has 1 heterocycles. The van der Waals surface area contributed by atoms with Crippen molar-refractivity contribution in [2.75, 3.05) is 7.11 Å². The Kier molecular flexibility index (Phi) is 4.64. The molecule has 3 aliphatic rings. The van der Waals surface area contributed by atoms with E-state index in [1.54, 1.807) is 7.11 Å². The van der Waals surface area contributed by atoms with Crippen LogP contribution in [0.25, 0.3) is 6.08 Å². The van der Waals surface area contributed by atoms with Gasteiger partial charge in [0, 0.05) is 23.7 Å². The molecule has 1 aromatic heterocycles. The van der Waals surface area contributed by atoms with Gasteiger partial charge in [0.15, 0.2) is 5.78 Å². The molecule has 30 heavy (non-hydrogen) atoms. The third-order valence-corrected chi connectivity index (χ3v) is 8.21. The van der Waals surface area contributed by atoms with Crippen LogP contribution in [0.5, 0.6) is 5.75 Å². The first-order chi connectivity index (χ1) is 14.4. The highest BCUT2D eigenvalue weighted by Crippen LogP contribution is 2.60. The van der Waals surface area contributed by atoms with Crippen molar-refractivity contribution in [2.24, 2.45) is 17.3 Å². The molecule has 3 aliphatic carbocycles. The van der Waals surface area contributed by atoms with Crippen LogP contribution >= 0.6 is 0 Å². The van der Waals surface area contributed by atoms with Gasteiger partial charge in [0.2, 0.25) is 0 Å². The van der Waals surface area contributed by atoms with Gasteiger partial charge in [-0.1, -0.05) is 13.0 Å². The van der Waals surface area contributed by atoms with Crippen molar-refractivity contribution < 1.29 is 9.53 Å². The number of aromatic nitrogens is 2. The molecule has 0 N–H and O–H groups in total. The van der Waals surface area contributed by atoms with Gasteiger partial charge in [-0.25, -0.2) is 0 Å². The molecule has 4 nitrogen and oxygen atoms in total. The Bertz CT molecular complexity index is 1030. The first kappa shape index (κ1) is 19.6. The largest absolute Gasteiger partial charge is 0.497 e. The summed E-state index contributed by atoms with van der Waals surface area (Å²) in [5.41, 5.74) is 5.87. The minimum atomic E-state index is -0.203. The number of allylic oxidation sites excluding steroid dienone is 1. The highest BCUT2D eigenvalue weighted by Gasteiger charge is 2.56. The lowest BCUT2D eigenvalue weighted by molar-refractivity contribution is -0.127. The number of Topliss-reactive ketones (excluding diaryl/α,β-unsaturated/α-hetero) is 1. The lowest BCUT2D eigenvalue weighted by Gasteiger charge is -2.48. The van der Waals surface area contributed by atoms with E-state index in [1.807, 2.05) is 11.6 Å². The summed E-state index contributed by atoms with van der Waals surface area (Å²) in [5.74, 6) is 2.97. The molecule has 0 saturated heterocycles. The number of methoxy groups -OCH3 is 1. The molecule has 0 amide bonds. The topological polar surface area (TPSA) is 44.1 Å². The van der Waals surface area contributed by atoms with Crippen LogP contribution in [0.1, 0.15) is 67.8 Å². The van der Waals surface area contributed by atoms with Crippen LogP contribution in [-0.2, 0) is 17.8 Å². The van der Waals surface area contributed by atoms with Gasteiger partial charge in [-0.3, -0.25) is 9.48 Å². The van der Waals surface area contributed by atoms with Crippen LogP contribution in [-0.4, -0.2) is 22.7 Å². The SMILES string of the molecule is CCn1cc(/C=C2\C[C@@H]3[C@H]4CCc5cc(OC)ccc5[C@@H]4CC[C@]3(C)C2=O)c(C)n1. The lowest BCUT2D eigenvalue weighted by atomic mass is 9.55. The monoisotopic (exact) mass is 404 g/mol. The summed E-state index contributed by atoms with van der Waals surface area (Å²) in [6.07, 6.45) is 9.51. The number of aryl methyl sites for hydroxylation is 3. The van der Waals surface area contributed by atoms with Gasteiger partial charge in [0.05, 0.1) is 12.8 Å². The summed E-state index contributed by atoms with van der Waals surface area (Å²) in [7, 11) is 1.74. The Morgan fingerprint density at radius 2 is 2.17 bits per heavy atom. The predicted molar refractivity (Wildman–Crippen MR) is 119 cm³/mol. The van der Waals surface area contributed by atoms with Crippen molar-refractivity contribution in [3.63, 3.8) is 0 Å². The second-order valence-electron chi connectivity index (χ2n) is 9.66. The Hall–Kier alpha value is -2.36. The average Bonchev–Trinajstić information content (AvgIpc) is 3.24. The molecule has 0 spiro atoms. The Labute approximate surface area is 179 Å². The standard InChI is InChI=1S/C26H32N2O2/c1-5-28-15-19(16(2)27-28)12-18-14-24-23-8-6-17-13-20(30-4)7-9-21(17)22(23)10-11-26(24,3)25(18)29/h7,9,12-13,15,22-24H,5-6,8,10-11,14H2,1-4H3/b18-12+/t22-,23-,24+,26-/m0/s1. The fraction of sp³-hybridized carbons (Fsp3) is 0.538. The molecule has 0 aliphatic heterocycles. The molecule has 2 fully saturated rings. The van der Waals surface area contributed by atoms with Crippen LogP contribution in [0.15, 0.2) is 30.0 Å². The molecule has 0 radical (unpaired) electrons. The number of ketones is 1. The van der Waals surface area contributed by atoms with E-state index in [2.05, 4.69) is 49.4 Å². The van der Waals surface area contributed by atoms with E-state index in [-0.39, 0.29) is 5.41 Å². The van der Waals surface area contributed by atoms with Crippen LogP contribution in [0, 0.1) is 24.2 Å². The van der Waals surface area contributed by atoms with Gasteiger partial charge < -0.3 is 4.74 Å². The number of nitrogens with zero attached hydrogens (tertiary/aromatic N) is 2. The molecule has 2 saturated carbocycles. The van der Waals surface area contributed by atoms with Gasteiger partial charge in [-0.05, 0) is 98.6 Å². The second-order valence-corrected chi connectivity index (χ2v) is 9.66. The van der Waals surface area contributed by atoms with Crippen molar-refractivity contribution in [1.29, 1.82) is 0 Å². The number of rotatable bonds is 3. The van der Waals surface area contributed by atoms with Gasteiger partial charge in [0.1, 0.15) is 5.75 Å². The summed E-state index contributed by atoms with van der Waals surface area (Å²) in [5, 5.41) is 4.56. The van der Waals surface area contributed by atoms with E-state index in [4.69, 9.17) is 4.74 Å². The molecule has 5 rings (SSSR count). The van der Waals surface area contributed by atoms with E-state index < -0.39 is 0 Å². The number of ether oxygens (including phenoxy) is 1. The molecular formula is C26H32N2O2. The van der Waals surface area contributed by atoms with Crippen molar-refractivity contribution in [3.05, 3.63) is 52.4 Å². The summed E-state index contributed by atoms with van der Waals surface area (Å²) in [6.45, 7) is 7.22. The average molecular weight is 405 g/mol. The molecule has 158 valence electrons. The molecule has 2 aromatic rings. The lowest BCUT2D eigenvalue weighted by Crippen LogP contribution is -2.42.